The lowest BCUT2D eigenvalue weighted by Crippen LogP contribution is -2.49. The zero-order valence-corrected chi connectivity index (χ0v) is 13.4. The van der Waals surface area contributed by atoms with Gasteiger partial charge in [-0.2, -0.15) is 0 Å². The second-order valence-corrected chi connectivity index (χ2v) is 6.06. The Labute approximate surface area is 131 Å². The van der Waals surface area contributed by atoms with Crippen LogP contribution in [0.1, 0.15) is 31.9 Å². The van der Waals surface area contributed by atoms with E-state index in [0.29, 0.717) is 36.2 Å². The Kier molecular flexibility index (Phi) is 4.88. The van der Waals surface area contributed by atoms with Gasteiger partial charge >= 0.3 is 5.97 Å². The van der Waals surface area contributed by atoms with E-state index in [0.717, 1.165) is 0 Å². The van der Waals surface area contributed by atoms with Gasteiger partial charge in [0, 0.05) is 19.2 Å². The summed E-state index contributed by atoms with van der Waals surface area (Å²) in [5.74, 6) is -0.421. The van der Waals surface area contributed by atoms with Crippen LogP contribution in [0.2, 0.25) is 0 Å². The molecule has 0 aliphatic carbocycles. The van der Waals surface area contributed by atoms with Crippen LogP contribution in [0.25, 0.3) is 6.08 Å². The maximum Gasteiger partial charge on any atom is 0.311 e. The van der Waals surface area contributed by atoms with Crippen LogP contribution in [0.3, 0.4) is 0 Å². The van der Waals surface area contributed by atoms with Gasteiger partial charge in [-0.1, -0.05) is 6.92 Å². The van der Waals surface area contributed by atoms with E-state index < -0.39 is 11.4 Å². The molecule has 1 atom stereocenters. The first-order valence-electron chi connectivity index (χ1n) is 6.92. The van der Waals surface area contributed by atoms with Crippen molar-refractivity contribution in [2.75, 3.05) is 13.1 Å². The Hall–Kier alpha value is -1.56. The Bertz CT molecular complexity index is 566. The van der Waals surface area contributed by atoms with Gasteiger partial charge in [-0.15, -0.1) is 0 Å². The van der Waals surface area contributed by atoms with Crippen molar-refractivity contribution in [1.29, 1.82) is 0 Å². The molecule has 1 unspecified atom stereocenters. The molecule has 5 nitrogen and oxygen atoms in total. The fourth-order valence-corrected chi connectivity index (χ4v) is 2.93. The molecule has 1 aromatic rings. The fraction of sp³-hybridized carbons (Fsp3) is 0.467. The number of likely N-dealkylation sites (tertiary alicyclic amines) is 1. The fourth-order valence-electron chi connectivity index (χ4n) is 2.61. The van der Waals surface area contributed by atoms with E-state index in [1.165, 1.54) is 6.08 Å². The molecule has 0 bridgehead atoms. The highest BCUT2D eigenvalue weighted by molar-refractivity contribution is 9.10. The summed E-state index contributed by atoms with van der Waals surface area (Å²) >= 11 is 3.19. The van der Waals surface area contributed by atoms with Crippen molar-refractivity contribution >= 4 is 33.9 Å². The standard InChI is InChI=1S/C15H18BrNO4/c1-2-15(14(19)20)8-3-9-17(10-15)13(18)7-5-11-4-6-12(16)21-11/h4-7H,2-3,8-10H2,1H3,(H,19,20). The molecule has 114 valence electrons. The van der Waals surface area contributed by atoms with Crippen molar-refractivity contribution in [3.8, 4) is 0 Å². The molecule has 0 radical (unpaired) electrons. The Morgan fingerprint density at radius 3 is 2.86 bits per heavy atom. The van der Waals surface area contributed by atoms with Crippen molar-refractivity contribution in [2.45, 2.75) is 26.2 Å². The first-order chi connectivity index (χ1) is 9.97. The zero-order valence-electron chi connectivity index (χ0n) is 11.8. The van der Waals surface area contributed by atoms with E-state index in [4.69, 9.17) is 4.42 Å². The molecule has 0 spiro atoms. The van der Waals surface area contributed by atoms with Gasteiger partial charge in [-0.3, -0.25) is 9.59 Å². The minimum Gasteiger partial charge on any atom is -0.481 e. The van der Waals surface area contributed by atoms with E-state index >= 15 is 0 Å². The van der Waals surface area contributed by atoms with Crippen molar-refractivity contribution in [2.24, 2.45) is 5.41 Å². The molecule has 1 aromatic heterocycles. The molecule has 1 aliphatic rings. The van der Waals surface area contributed by atoms with Gasteiger partial charge in [0.05, 0.1) is 5.41 Å². The van der Waals surface area contributed by atoms with Gasteiger partial charge in [0.2, 0.25) is 5.91 Å². The molecule has 0 saturated carbocycles. The third-order valence-corrected chi connectivity index (χ3v) is 4.43. The second kappa shape index (κ2) is 6.47. The number of halogens is 1. The number of carbonyl (C=O) groups is 2. The van der Waals surface area contributed by atoms with Crippen LogP contribution >= 0.6 is 15.9 Å². The quantitative estimate of drug-likeness (QED) is 0.842. The lowest BCUT2D eigenvalue weighted by atomic mass is 9.77. The number of furan rings is 1. The van der Waals surface area contributed by atoms with E-state index in [1.807, 2.05) is 6.92 Å². The number of piperidine rings is 1. The van der Waals surface area contributed by atoms with Crippen LogP contribution in [-0.2, 0) is 9.59 Å². The van der Waals surface area contributed by atoms with Crippen LogP contribution in [0.5, 0.6) is 0 Å². The molecule has 2 rings (SSSR count). The highest BCUT2D eigenvalue weighted by Crippen LogP contribution is 2.33. The van der Waals surface area contributed by atoms with E-state index in [-0.39, 0.29) is 12.5 Å². The predicted octanol–water partition coefficient (Wildman–Crippen LogP) is 3.16. The summed E-state index contributed by atoms with van der Waals surface area (Å²) in [6, 6.07) is 3.50. The summed E-state index contributed by atoms with van der Waals surface area (Å²) in [6.45, 7) is 2.72. The summed E-state index contributed by atoms with van der Waals surface area (Å²) in [6.07, 6.45) is 4.89. The summed E-state index contributed by atoms with van der Waals surface area (Å²) in [4.78, 5) is 25.3. The van der Waals surface area contributed by atoms with Crippen molar-refractivity contribution in [3.63, 3.8) is 0 Å². The molecule has 2 heterocycles. The molecule has 1 amide bonds. The van der Waals surface area contributed by atoms with E-state index in [1.54, 1.807) is 23.1 Å². The van der Waals surface area contributed by atoms with Crippen molar-refractivity contribution in [1.82, 2.24) is 4.90 Å². The molecule has 6 heteroatoms. The molecular weight excluding hydrogens is 338 g/mol. The van der Waals surface area contributed by atoms with Crippen LogP contribution < -0.4 is 0 Å². The first kappa shape index (κ1) is 15.8. The van der Waals surface area contributed by atoms with Gasteiger partial charge in [-0.25, -0.2) is 0 Å². The van der Waals surface area contributed by atoms with Crippen LogP contribution in [0, 0.1) is 5.41 Å². The van der Waals surface area contributed by atoms with E-state index in [2.05, 4.69) is 15.9 Å². The third-order valence-electron chi connectivity index (χ3n) is 4.00. The smallest absolute Gasteiger partial charge is 0.311 e. The number of carbonyl (C=O) groups excluding carboxylic acids is 1. The van der Waals surface area contributed by atoms with Crippen LogP contribution in [0.4, 0.5) is 0 Å². The average Bonchev–Trinajstić information content (AvgIpc) is 2.90. The summed E-state index contributed by atoms with van der Waals surface area (Å²) in [5.41, 5.74) is -0.810. The molecule has 1 aliphatic heterocycles. The largest absolute Gasteiger partial charge is 0.481 e. The Balaban J connectivity index is 2.05. The normalized spacial score (nSPS) is 22.7. The third kappa shape index (κ3) is 3.56. The number of aliphatic carboxylic acids is 1. The molecule has 1 N–H and O–H groups in total. The van der Waals surface area contributed by atoms with Crippen molar-refractivity contribution in [3.05, 3.63) is 28.6 Å². The highest BCUT2D eigenvalue weighted by atomic mass is 79.9. The average molecular weight is 356 g/mol. The minimum atomic E-state index is -0.818. The second-order valence-electron chi connectivity index (χ2n) is 5.28. The molecule has 0 aromatic carbocycles. The van der Waals surface area contributed by atoms with Crippen LogP contribution in [0.15, 0.2) is 27.3 Å². The molecule has 1 saturated heterocycles. The Morgan fingerprint density at radius 2 is 2.29 bits per heavy atom. The van der Waals surface area contributed by atoms with E-state index in [9.17, 15) is 14.7 Å². The van der Waals surface area contributed by atoms with Gasteiger partial charge < -0.3 is 14.4 Å². The van der Waals surface area contributed by atoms with Gasteiger partial charge in [0.25, 0.3) is 0 Å². The lowest BCUT2D eigenvalue weighted by Gasteiger charge is -2.39. The Morgan fingerprint density at radius 1 is 1.52 bits per heavy atom. The number of rotatable bonds is 4. The molecular formula is C15H18BrNO4. The monoisotopic (exact) mass is 355 g/mol. The summed E-state index contributed by atoms with van der Waals surface area (Å²) in [7, 11) is 0. The van der Waals surface area contributed by atoms with Gasteiger partial charge in [-0.05, 0) is 53.4 Å². The topological polar surface area (TPSA) is 70.8 Å². The number of carboxylic acids is 1. The maximum atomic E-state index is 12.2. The minimum absolute atomic E-state index is 0.179. The molecule has 21 heavy (non-hydrogen) atoms. The number of nitrogens with zero attached hydrogens (tertiary/aromatic N) is 1. The van der Waals surface area contributed by atoms with Crippen LogP contribution in [-0.4, -0.2) is 35.0 Å². The lowest BCUT2D eigenvalue weighted by molar-refractivity contribution is -0.154. The SMILES string of the molecule is CCC1(C(=O)O)CCCN(C(=O)C=Cc2ccc(Br)o2)C1. The summed E-state index contributed by atoms with van der Waals surface area (Å²) in [5, 5.41) is 9.42. The van der Waals surface area contributed by atoms with Gasteiger partial charge in [0.1, 0.15) is 5.76 Å². The zero-order chi connectivity index (χ0) is 15.5. The number of hydrogen-bond donors (Lipinski definition) is 1. The number of amides is 1. The van der Waals surface area contributed by atoms with Crippen molar-refractivity contribution < 1.29 is 19.1 Å². The predicted molar refractivity (Wildman–Crippen MR) is 81.6 cm³/mol. The molecule has 1 fully saturated rings. The highest BCUT2D eigenvalue weighted by Gasteiger charge is 2.41. The first-order valence-corrected chi connectivity index (χ1v) is 7.72. The van der Waals surface area contributed by atoms with Gasteiger partial charge in [0.15, 0.2) is 4.67 Å². The number of carboxylic acid groups (broad SMARTS) is 1. The summed E-state index contributed by atoms with van der Waals surface area (Å²) < 4.78 is 5.89. The maximum absolute atomic E-state index is 12.2. The number of hydrogen-bond acceptors (Lipinski definition) is 3.